The predicted octanol–water partition coefficient (Wildman–Crippen LogP) is 6.20. The van der Waals surface area contributed by atoms with Gasteiger partial charge in [0.2, 0.25) is 0 Å². The normalized spacial score (nSPS) is 14.7. The lowest BCUT2D eigenvalue weighted by Crippen LogP contribution is -2.18. The third-order valence-electron chi connectivity index (χ3n) is 5.61. The third kappa shape index (κ3) is 3.83. The van der Waals surface area contributed by atoms with Crippen LogP contribution >= 0.6 is 0 Å². The van der Waals surface area contributed by atoms with Crippen molar-refractivity contribution in [3.63, 3.8) is 0 Å². The van der Waals surface area contributed by atoms with Gasteiger partial charge in [0.05, 0.1) is 7.11 Å². The lowest BCUT2D eigenvalue weighted by atomic mass is 9.83. The second-order valence-electron chi connectivity index (χ2n) is 7.91. The molecule has 0 aromatic heterocycles. The zero-order valence-electron chi connectivity index (χ0n) is 17.1. The average molecular weight is 371 g/mol. The number of allylic oxidation sites excluding steroid dienone is 1. The van der Waals surface area contributed by atoms with Crippen LogP contribution in [0, 0.1) is 6.07 Å². The van der Waals surface area contributed by atoms with E-state index in [1.165, 1.54) is 58.7 Å². The van der Waals surface area contributed by atoms with E-state index in [9.17, 15) is 0 Å². The highest BCUT2D eigenvalue weighted by molar-refractivity contribution is 5.91. The first-order chi connectivity index (χ1) is 13.7. The standard InChI is InChI=1S/C26H28NO/c1-27(2)18-22-8-4-5-10-25(22)26-11-7-6-9-24(26)21-13-12-20-17-23(28-3)15-14-19(20)16-21/h6-7,11-17H,4-5,8,10,18H2,1-3H3. The highest BCUT2D eigenvalue weighted by Crippen LogP contribution is 2.38. The molecular weight excluding hydrogens is 342 g/mol. The minimum atomic E-state index is 0.896. The molecule has 0 heterocycles. The van der Waals surface area contributed by atoms with Crippen molar-refractivity contribution in [2.45, 2.75) is 25.7 Å². The molecule has 1 radical (unpaired) electrons. The minimum absolute atomic E-state index is 0.896. The van der Waals surface area contributed by atoms with Crippen LogP contribution < -0.4 is 4.74 Å². The average Bonchev–Trinajstić information content (AvgIpc) is 2.73. The van der Waals surface area contributed by atoms with Crippen LogP contribution in [0.4, 0.5) is 0 Å². The molecule has 3 aromatic rings. The zero-order valence-corrected chi connectivity index (χ0v) is 17.1. The summed E-state index contributed by atoms with van der Waals surface area (Å²) in [7, 11) is 6.04. The van der Waals surface area contributed by atoms with Gasteiger partial charge >= 0.3 is 0 Å². The van der Waals surface area contributed by atoms with Gasteiger partial charge in [-0.05, 0) is 97.1 Å². The molecule has 0 aliphatic heterocycles. The van der Waals surface area contributed by atoms with Gasteiger partial charge in [-0.2, -0.15) is 0 Å². The summed E-state index contributed by atoms with van der Waals surface area (Å²) in [6.45, 7) is 1.04. The van der Waals surface area contributed by atoms with E-state index in [0.29, 0.717) is 0 Å². The Kier molecular flexibility index (Phi) is 5.50. The van der Waals surface area contributed by atoms with Gasteiger partial charge in [0.1, 0.15) is 5.75 Å². The molecule has 3 aromatic carbocycles. The summed E-state index contributed by atoms with van der Waals surface area (Å²) in [6, 6.07) is 22.9. The van der Waals surface area contributed by atoms with E-state index in [2.05, 4.69) is 67.5 Å². The van der Waals surface area contributed by atoms with Crippen molar-refractivity contribution in [1.82, 2.24) is 4.90 Å². The fraction of sp³-hybridized carbons (Fsp3) is 0.308. The van der Waals surface area contributed by atoms with Crippen LogP contribution in [0.5, 0.6) is 5.75 Å². The van der Waals surface area contributed by atoms with Crippen molar-refractivity contribution in [3.8, 4) is 16.9 Å². The lowest BCUT2D eigenvalue weighted by molar-refractivity contribution is 0.415. The van der Waals surface area contributed by atoms with Gasteiger partial charge in [-0.1, -0.05) is 42.0 Å². The van der Waals surface area contributed by atoms with E-state index >= 15 is 0 Å². The fourth-order valence-corrected chi connectivity index (χ4v) is 4.28. The van der Waals surface area contributed by atoms with Crippen LogP contribution in [-0.4, -0.2) is 32.6 Å². The SMILES string of the molecule is COc1ccc2cc(-c3[c]cccc3C3=C(CN(C)C)CCCC3)ccc2c1. The summed E-state index contributed by atoms with van der Waals surface area (Å²) < 4.78 is 5.36. The Morgan fingerprint density at radius 1 is 0.964 bits per heavy atom. The van der Waals surface area contributed by atoms with Crippen molar-refractivity contribution < 1.29 is 4.74 Å². The Balaban J connectivity index is 1.81. The fourth-order valence-electron chi connectivity index (χ4n) is 4.28. The number of methoxy groups -OCH3 is 1. The second kappa shape index (κ2) is 8.20. The van der Waals surface area contributed by atoms with E-state index in [1.807, 2.05) is 12.1 Å². The van der Waals surface area contributed by atoms with Gasteiger partial charge in [0.15, 0.2) is 0 Å². The molecule has 0 atom stereocenters. The molecule has 0 unspecified atom stereocenters. The first-order valence-electron chi connectivity index (χ1n) is 10.1. The molecule has 0 N–H and O–H groups in total. The van der Waals surface area contributed by atoms with Crippen molar-refractivity contribution in [2.24, 2.45) is 0 Å². The molecular formula is C26H28NO. The summed E-state index contributed by atoms with van der Waals surface area (Å²) in [4.78, 5) is 2.29. The van der Waals surface area contributed by atoms with Gasteiger partial charge in [0, 0.05) is 6.54 Å². The van der Waals surface area contributed by atoms with Gasteiger partial charge < -0.3 is 9.64 Å². The second-order valence-corrected chi connectivity index (χ2v) is 7.91. The number of rotatable bonds is 5. The van der Waals surface area contributed by atoms with Gasteiger partial charge in [0.25, 0.3) is 0 Å². The molecule has 1 aliphatic carbocycles. The van der Waals surface area contributed by atoms with Crippen molar-refractivity contribution in [1.29, 1.82) is 0 Å². The van der Waals surface area contributed by atoms with Crippen LogP contribution in [0.2, 0.25) is 0 Å². The predicted molar refractivity (Wildman–Crippen MR) is 119 cm³/mol. The molecule has 0 amide bonds. The van der Waals surface area contributed by atoms with Crippen molar-refractivity contribution in [3.05, 3.63) is 71.8 Å². The molecule has 2 heteroatoms. The molecule has 0 fully saturated rings. The van der Waals surface area contributed by atoms with Crippen LogP contribution in [0.15, 0.2) is 60.2 Å². The Bertz CT molecular complexity index is 1020. The topological polar surface area (TPSA) is 12.5 Å². The van der Waals surface area contributed by atoms with Gasteiger partial charge in [-0.15, -0.1) is 0 Å². The molecule has 0 saturated heterocycles. The van der Waals surface area contributed by atoms with Crippen LogP contribution in [0.25, 0.3) is 27.5 Å². The summed E-state index contributed by atoms with van der Waals surface area (Å²) in [5, 5.41) is 2.43. The lowest BCUT2D eigenvalue weighted by Gasteiger charge is -2.25. The first-order valence-corrected chi connectivity index (χ1v) is 10.1. The highest BCUT2D eigenvalue weighted by atomic mass is 16.5. The van der Waals surface area contributed by atoms with Crippen LogP contribution in [0.1, 0.15) is 31.2 Å². The minimum Gasteiger partial charge on any atom is -0.497 e. The van der Waals surface area contributed by atoms with E-state index in [4.69, 9.17) is 4.74 Å². The zero-order chi connectivity index (χ0) is 19.5. The maximum Gasteiger partial charge on any atom is 0.119 e. The number of hydrogen-bond donors (Lipinski definition) is 0. The summed E-state index contributed by atoms with van der Waals surface area (Å²) in [5.41, 5.74) is 6.92. The van der Waals surface area contributed by atoms with Crippen LogP contribution in [0.3, 0.4) is 0 Å². The Morgan fingerprint density at radius 3 is 2.57 bits per heavy atom. The van der Waals surface area contributed by atoms with Gasteiger partial charge in [-0.25, -0.2) is 0 Å². The quantitative estimate of drug-likeness (QED) is 0.530. The molecule has 0 spiro atoms. The van der Waals surface area contributed by atoms with E-state index in [1.54, 1.807) is 12.7 Å². The summed E-state index contributed by atoms with van der Waals surface area (Å²) >= 11 is 0. The first kappa shape index (κ1) is 18.8. The van der Waals surface area contributed by atoms with Crippen LogP contribution in [-0.2, 0) is 0 Å². The number of hydrogen-bond acceptors (Lipinski definition) is 2. The smallest absolute Gasteiger partial charge is 0.119 e. The largest absolute Gasteiger partial charge is 0.497 e. The maximum atomic E-state index is 5.36. The number of fused-ring (bicyclic) bond motifs is 1. The number of ether oxygens (including phenoxy) is 1. The molecule has 143 valence electrons. The van der Waals surface area contributed by atoms with E-state index in [0.717, 1.165) is 12.3 Å². The maximum absolute atomic E-state index is 5.36. The molecule has 1 aliphatic rings. The van der Waals surface area contributed by atoms with E-state index in [-0.39, 0.29) is 0 Å². The third-order valence-corrected chi connectivity index (χ3v) is 5.61. The van der Waals surface area contributed by atoms with E-state index < -0.39 is 0 Å². The Labute approximate surface area is 168 Å². The highest BCUT2D eigenvalue weighted by Gasteiger charge is 2.18. The number of likely N-dealkylation sites (N-methyl/N-ethyl adjacent to an activating group) is 1. The molecule has 0 saturated carbocycles. The monoisotopic (exact) mass is 370 g/mol. The summed E-state index contributed by atoms with van der Waals surface area (Å²) in [5.74, 6) is 0.896. The molecule has 28 heavy (non-hydrogen) atoms. The molecule has 0 bridgehead atoms. The molecule has 4 rings (SSSR count). The molecule has 2 nitrogen and oxygen atoms in total. The number of benzene rings is 3. The van der Waals surface area contributed by atoms with Crippen molar-refractivity contribution in [2.75, 3.05) is 27.7 Å². The summed E-state index contributed by atoms with van der Waals surface area (Å²) in [6.07, 6.45) is 4.95. The number of nitrogens with zero attached hydrogens (tertiary/aromatic N) is 1. The Hall–Kier alpha value is -2.58. The van der Waals surface area contributed by atoms with Crippen molar-refractivity contribution >= 4 is 16.3 Å². The van der Waals surface area contributed by atoms with Gasteiger partial charge in [-0.3, -0.25) is 0 Å². The Morgan fingerprint density at radius 2 is 1.75 bits per heavy atom.